The summed E-state index contributed by atoms with van der Waals surface area (Å²) >= 11 is 3.16. The second-order valence-corrected chi connectivity index (χ2v) is 4.44. The highest BCUT2D eigenvalue weighted by Crippen LogP contribution is 2.12. The fraction of sp³-hybridized carbons (Fsp3) is 0.417. The van der Waals surface area contributed by atoms with Crippen LogP contribution in [0.5, 0.6) is 0 Å². The van der Waals surface area contributed by atoms with Crippen molar-refractivity contribution in [3.63, 3.8) is 0 Å². The minimum Gasteiger partial charge on any atom is -0.332 e. The number of benzene rings is 1. The summed E-state index contributed by atoms with van der Waals surface area (Å²) in [4.78, 5) is 13.2. The van der Waals surface area contributed by atoms with Gasteiger partial charge in [-0.05, 0) is 18.6 Å². The first-order valence-electron chi connectivity index (χ1n) is 5.25. The number of aryl methyl sites for hydroxylation is 1. The third-order valence-corrected chi connectivity index (χ3v) is 2.73. The van der Waals surface area contributed by atoms with E-state index in [-0.39, 0.29) is 12.5 Å². The van der Waals surface area contributed by atoms with E-state index in [4.69, 9.17) is 0 Å². The van der Waals surface area contributed by atoms with Crippen molar-refractivity contribution in [3.8, 4) is 0 Å². The number of amides is 1. The van der Waals surface area contributed by atoms with Crippen LogP contribution >= 0.6 is 15.9 Å². The predicted octanol–water partition coefficient (Wildman–Crippen LogP) is 3.10. The summed E-state index contributed by atoms with van der Waals surface area (Å²) in [6.07, 6.45) is -2.51. The van der Waals surface area contributed by atoms with Gasteiger partial charge in [0.25, 0.3) is 12.3 Å². The molecule has 1 aromatic carbocycles. The number of rotatable bonds is 5. The SMILES string of the molecule is Cc1ccccc1C(=O)N(CCBr)CC(F)F. The molecule has 0 aliphatic rings. The molecule has 0 aliphatic heterocycles. The Morgan fingerprint density at radius 3 is 2.59 bits per heavy atom. The van der Waals surface area contributed by atoms with Gasteiger partial charge in [-0.1, -0.05) is 34.1 Å². The van der Waals surface area contributed by atoms with Gasteiger partial charge in [-0.2, -0.15) is 0 Å². The zero-order valence-electron chi connectivity index (χ0n) is 9.50. The lowest BCUT2D eigenvalue weighted by atomic mass is 10.1. The molecule has 0 atom stereocenters. The highest BCUT2D eigenvalue weighted by molar-refractivity contribution is 9.09. The van der Waals surface area contributed by atoms with E-state index >= 15 is 0 Å². The van der Waals surface area contributed by atoms with Crippen LogP contribution in [0.25, 0.3) is 0 Å². The molecule has 1 aromatic rings. The molecule has 5 heteroatoms. The van der Waals surface area contributed by atoms with Crippen LogP contribution in [0.2, 0.25) is 0 Å². The minimum atomic E-state index is -2.51. The Kier molecular flexibility index (Phi) is 5.55. The van der Waals surface area contributed by atoms with Gasteiger partial charge in [-0.25, -0.2) is 8.78 Å². The lowest BCUT2D eigenvalue weighted by Crippen LogP contribution is -2.36. The van der Waals surface area contributed by atoms with Crippen LogP contribution in [0.4, 0.5) is 8.78 Å². The molecule has 0 bridgehead atoms. The molecule has 1 amide bonds. The molecule has 17 heavy (non-hydrogen) atoms. The molecule has 0 unspecified atom stereocenters. The van der Waals surface area contributed by atoms with Gasteiger partial charge in [0.2, 0.25) is 0 Å². The minimum absolute atomic E-state index is 0.275. The van der Waals surface area contributed by atoms with Crippen molar-refractivity contribution in [3.05, 3.63) is 35.4 Å². The summed E-state index contributed by atoms with van der Waals surface area (Å²) in [7, 11) is 0. The average Bonchev–Trinajstić information content (AvgIpc) is 2.28. The van der Waals surface area contributed by atoms with E-state index < -0.39 is 13.0 Å². The Morgan fingerprint density at radius 2 is 2.06 bits per heavy atom. The maximum absolute atomic E-state index is 12.4. The number of carbonyl (C=O) groups excluding carboxylic acids is 1. The molecule has 0 saturated heterocycles. The van der Waals surface area contributed by atoms with Crippen LogP contribution in [0, 0.1) is 6.92 Å². The second kappa shape index (κ2) is 6.69. The van der Waals surface area contributed by atoms with E-state index in [9.17, 15) is 13.6 Å². The summed E-state index contributed by atoms with van der Waals surface area (Å²) in [6, 6.07) is 7.00. The first-order valence-corrected chi connectivity index (χ1v) is 6.37. The summed E-state index contributed by atoms with van der Waals surface area (Å²) in [5.41, 5.74) is 1.28. The van der Waals surface area contributed by atoms with Crippen molar-refractivity contribution in [1.82, 2.24) is 4.90 Å². The van der Waals surface area contributed by atoms with E-state index in [1.54, 1.807) is 25.1 Å². The normalized spacial score (nSPS) is 10.6. The van der Waals surface area contributed by atoms with Gasteiger partial charge in [-0.15, -0.1) is 0 Å². The molecule has 0 N–H and O–H groups in total. The van der Waals surface area contributed by atoms with Crippen LogP contribution in [-0.4, -0.2) is 35.7 Å². The number of hydrogen-bond acceptors (Lipinski definition) is 1. The van der Waals surface area contributed by atoms with Gasteiger partial charge in [0.05, 0.1) is 6.54 Å². The van der Waals surface area contributed by atoms with E-state index in [0.717, 1.165) is 5.56 Å². The topological polar surface area (TPSA) is 20.3 Å². The van der Waals surface area contributed by atoms with Crippen molar-refractivity contribution in [1.29, 1.82) is 0 Å². The molecule has 0 saturated carbocycles. The van der Waals surface area contributed by atoms with Crippen LogP contribution in [0.3, 0.4) is 0 Å². The van der Waals surface area contributed by atoms with Gasteiger partial charge in [0.15, 0.2) is 0 Å². The highest BCUT2D eigenvalue weighted by atomic mass is 79.9. The largest absolute Gasteiger partial charge is 0.332 e. The van der Waals surface area contributed by atoms with Gasteiger partial charge in [0.1, 0.15) is 0 Å². The van der Waals surface area contributed by atoms with Crippen molar-refractivity contribution in [2.45, 2.75) is 13.3 Å². The molecule has 0 fully saturated rings. The number of carbonyl (C=O) groups is 1. The van der Waals surface area contributed by atoms with Crippen LogP contribution in [-0.2, 0) is 0 Å². The first-order chi connectivity index (χ1) is 8.06. The number of nitrogens with zero attached hydrogens (tertiary/aromatic N) is 1. The Hall–Kier alpha value is -0.970. The summed E-state index contributed by atoms with van der Waals surface area (Å²) in [5.74, 6) is -0.345. The van der Waals surface area contributed by atoms with Crippen molar-refractivity contribution in [2.24, 2.45) is 0 Å². The van der Waals surface area contributed by atoms with Crippen molar-refractivity contribution >= 4 is 21.8 Å². The molecule has 2 nitrogen and oxygen atoms in total. The Labute approximate surface area is 108 Å². The average molecular weight is 306 g/mol. The van der Waals surface area contributed by atoms with E-state index in [1.807, 2.05) is 6.07 Å². The third kappa shape index (κ3) is 4.07. The fourth-order valence-electron chi connectivity index (χ4n) is 1.53. The molecular weight excluding hydrogens is 292 g/mol. The zero-order chi connectivity index (χ0) is 12.8. The molecule has 0 aromatic heterocycles. The van der Waals surface area contributed by atoms with Crippen LogP contribution in [0.15, 0.2) is 24.3 Å². The Bertz CT molecular complexity index is 385. The van der Waals surface area contributed by atoms with E-state index in [0.29, 0.717) is 10.9 Å². The molecule has 0 heterocycles. The third-order valence-electron chi connectivity index (χ3n) is 2.38. The van der Waals surface area contributed by atoms with Crippen molar-refractivity contribution in [2.75, 3.05) is 18.4 Å². The molecule has 0 aliphatic carbocycles. The van der Waals surface area contributed by atoms with Gasteiger partial charge < -0.3 is 4.90 Å². The Balaban J connectivity index is 2.88. The van der Waals surface area contributed by atoms with E-state index in [2.05, 4.69) is 15.9 Å². The molecule has 0 radical (unpaired) electrons. The summed E-state index contributed by atoms with van der Waals surface area (Å²) in [5, 5.41) is 0.483. The van der Waals surface area contributed by atoms with Crippen LogP contribution in [0.1, 0.15) is 15.9 Å². The summed E-state index contributed by atoms with van der Waals surface area (Å²) < 4.78 is 24.8. The lowest BCUT2D eigenvalue weighted by molar-refractivity contribution is 0.0572. The highest BCUT2D eigenvalue weighted by Gasteiger charge is 2.20. The molecule has 94 valence electrons. The van der Waals surface area contributed by atoms with Gasteiger partial charge in [-0.3, -0.25) is 4.79 Å². The molecule has 1 rings (SSSR count). The summed E-state index contributed by atoms with van der Waals surface area (Å²) in [6.45, 7) is 1.54. The quantitative estimate of drug-likeness (QED) is 0.766. The number of hydrogen-bond donors (Lipinski definition) is 0. The zero-order valence-corrected chi connectivity index (χ0v) is 11.1. The predicted molar refractivity (Wildman–Crippen MR) is 66.9 cm³/mol. The standard InChI is InChI=1S/C12H14BrF2NO/c1-9-4-2-3-5-10(9)12(17)16(7-6-13)8-11(14)15/h2-5,11H,6-8H2,1H3. The smallest absolute Gasteiger partial charge is 0.255 e. The number of alkyl halides is 3. The van der Waals surface area contributed by atoms with Crippen LogP contribution < -0.4 is 0 Å². The number of halogens is 3. The lowest BCUT2D eigenvalue weighted by Gasteiger charge is -2.22. The maximum atomic E-state index is 12.4. The first kappa shape index (κ1) is 14.1. The molecule has 0 spiro atoms. The van der Waals surface area contributed by atoms with Gasteiger partial charge >= 0.3 is 0 Å². The van der Waals surface area contributed by atoms with E-state index in [1.165, 1.54) is 4.90 Å². The van der Waals surface area contributed by atoms with Gasteiger partial charge in [0, 0.05) is 17.4 Å². The molecular formula is C12H14BrF2NO. The monoisotopic (exact) mass is 305 g/mol. The second-order valence-electron chi connectivity index (χ2n) is 3.65. The maximum Gasteiger partial charge on any atom is 0.255 e. The fourth-order valence-corrected chi connectivity index (χ4v) is 1.96. The van der Waals surface area contributed by atoms with Crippen molar-refractivity contribution < 1.29 is 13.6 Å². The Morgan fingerprint density at radius 1 is 1.41 bits per heavy atom.